The van der Waals surface area contributed by atoms with Crippen LogP contribution in [0.1, 0.15) is 12.0 Å². The summed E-state index contributed by atoms with van der Waals surface area (Å²) < 4.78 is 45.7. The lowest BCUT2D eigenvalue weighted by molar-refractivity contribution is -0.138. The summed E-state index contributed by atoms with van der Waals surface area (Å²) in [6.07, 6.45) is 0.0437. The Bertz CT molecular complexity index is 692. The first-order valence-corrected chi connectivity index (χ1v) is 8.21. The van der Waals surface area contributed by atoms with Crippen LogP contribution in [-0.2, 0) is 12.7 Å². The summed E-state index contributed by atoms with van der Waals surface area (Å²) in [5.41, 5.74) is -0.777. The molecule has 0 aliphatic rings. The number of hydrogen-bond acceptors (Lipinski definition) is 3. The van der Waals surface area contributed by atoms with Crippen molar-refractivity contribution in [2.75, 3.05) is 26.7 Å². The number of ether oxygens (including phenoxy) is 1. The third-order valence-electron chi connectivity index (χ3n) is 3.48. The van der Waals surface area contributed by atoms with Crippen molar-refractivity contribution in [3.63, 3.8) is 0 Å². The zero-order valence-corrected chi connectivity index (χ0v) is 17.2. The molecule has 0 bridgehead atoms. The summed E-state index contributed by atoms with van der Waals surface area (Å²) in [6.45, 7) is 1.89. The number of para-hydroxylation sites is 1. The highest BCUT2D eigenvalue weighted by atomic mass is 127. The number of alkyl halides is 3. The Morgan fingerprint density at radius 1 is 1.19 bits per heavy atom. The number of aryl methyl sites for hydroxylation is 1. The van der Waals surface area contributed by atoms with Crippen LogP contribution in [-0.4, -0.2) is 42.5 Å². The highest BCUT2D eigenvalue weighted by Crippen LogP contribution is 2.35. The Labute approximate surface area is 173 Å². The van der Waals surface area contributed by atoms with Crippen LogP contribution in [0.15, 0.2) is 47.7 Å². The van der Waals surface area contributed by atoms with Gasteiger partial charge in [-0.15, -0.1) is 24.0 Å². The van der Waals surface area contributed by atoms with Gasteiger partial charge in [0.1, 0.15) is 12.4 Å². The summed E-state index contributed by atoms with van der Waals surface area (Å²) >= 11 is 0. The quantitative estimate of drug-likeness (QED) is 0.255. The van der Waals surface area contributed by atoms with E-state index < -0.39 is 11.7 Å². The summed E-state index contributed by atoms with van der Waals surface area (Å²) in [7, 11) is 1.63. The molecule has 1 heterocycles. The highest BCUT2D eigenvalue weighted by molar-refractivity contribution is 14.0. The lowest BCUT2D eigenvalue weighted by atomic mass is 10.2. The first-order chi connectivity index (χ1) is 12.5. The topological polar surface area (TPSA) is 63.5 Å². The van der Waals surface area contributed by atoms with E-state index in [0.717, 1.165) is 19.0 Å². The molecular formula is C17H23F3IN5O. The fourth-order valence-electron chi connectivity index (χ4n) is 2.26. The van der Waals surface area contributed by atoms with Crippen molar-refractivity contribution >= 4 is 29.9 Å². The van der Waals surface area contributed by atoms with Crippen molar-refractivity contribution in [1.29, 1.82) is 0 Å². The van der Waals surface area contributed by atoms with Crippen LogP contribution in [0.2, 0.25) is 0 Å². The molecule has 2 aromatic rings. The fourth-order valence-corrected chi connectivity index (χ4v) is 2.26. The normalized spacial score (nSPS) is 11.6. The third kappa shape index (κ3) is 8.06. The fraction of sp³-hybridized carbons (Fsp3) is 0.412. The summed E-state index contributed by atoms with van der Waals surface area (Å²) in [5.74, 6) is 0.391. The van der Waals surface area contributed by atoms with Crippen molar-refractivity contribution in [2.45, 2.75) is 19.1 Å². The van der Waals surface area contributed by atoms with Gasteiger partial charge in [0.25, 0.3) is 0 Å². The number of aromatic nitrogens is 2. The second-order valence-corrected chi connectivity index (χ2v) is 5.39. The average Bonchev–Trinajstić information content (AvgIpc) is 3.13. The van der Waals surface area contributed by atoms with E-state index in [4.69, 9.17) is 4.74 Å². The molecule has 1 aromatic carbocycles. The first-order valence-electron chi connectivity index (χ1n) is 8.21. The predicted octanol–water partition coefficient (Wildman–Crippen LogP) is 3.15. The maximum Gasteiger partial charge on any atom is 0.419 e. The van der Waals surface area contributed by atoms with Crippen molar-refractivity contribution in [1.82, 2.24) is 20.4 Å². The van der Waals surface area contributed by atoms with Crippen LogP contribution in [0.5, 0.6) is 5.75 Å². The van der Waals surface area contributed by atoms with Gasteiger partial charge in [-0.25, -0.2) is 0 Å². The minimum atomic E-state index is -4.43. The van der Waals surface area contributed by atoms with Crippen molar-refractivity contribution in [2.24, 2.45) is 4.99 Å². The number of nitrogens with zero attached hydrogens (tertiary/aromatic N) is 3. The summed E-state index contributed by atoms with van der Waals surface area (Å²) in [6, 6.07) is 7.03. The average molecular weight is 497 g/mol. The van der Waals surface area contributed by atoms with E-state index in [0.29, 0.717) is 19.0 Å². The second kappa shape index (κ2) is 11.7. The molecule has 0 radical (unpaired) electrons. The van der Waals surface area contributed by atoms with Gasteiger partial charge < -0.3 is 15.4 Å². The minimum absolute atomic E-state index is 0. The molecule has 1 aromatic heterocycles. The summed E-state index contributed by atoms with van der Waals surface area (Å²) in [5, 5.41) is 10.2. The first kappa shape index (κ1) is 23.1. The third-order valence-corrected chi connectivity index (χ3v) is 3.48. The number of aliphatic imine (C=N–C) groups is 1. The van der Waals surface area contributed by atoms with Gasteiger partial charge >= 0.3 is 6.18 Å². The van der Waals surface area contributed by atoms with E-state index in [-0.39, 0.29) is 36.3 Å². The van der Waals surface area contributed by atoms with E-state index in [1.807, 2.05) is 16.9 Å². The molecule has 0 aliphatic carbocycles. The number of benzene rings is 1. The van der Waals surface area contributed by atoms with Crippen LogP contribution in [0, 0.1) is 0 Å². The largest absolute Gasteiger partial charge is 0.491 e. The molecule has 2 N–H and O–H groups in total. The molecule has 150 valence electrons. The number of guanidine groups is 1. The molecule has 6 nitrogen and oxygen atoms in total. The molecule has 0 fully saturated rings. The van der Waals surface area contributed by atoms with E-state index >= 15 is 0 Å². The lowest BCUT2D eigenvalue weighted by Gasteiger charge is -2.15. The summed E-state index contributed by atoms with van der Waals surface area (Å²) in [4.78, 5) is 4.06. The van der Waals surface area contributed by atoms with Gasteiger partial charge in [-0.05, 0) is 24.6 Å². The molecule has 0 saturated carbocycles. The maximum atomic E-state index is 12.9. The van der Waals surface area contributed by atoms with E-state index in [9.17, 15) is 13.2 Å². The molecule has 0 spiro atoms. The molecule has 0 amide bonds. The van der Waals surface area contributed by atoms with Crippen molar-refractivity contribution in [3.8, 4) is 5.75 Å². The number of hydrogen-bond donors (Lipinski definition) is 2. The zero-order valence-electron chi connectivity index (χ0n) is 14.9. The smallest absolute Gasteiger partial charge is 0.419 e. The number of nitrogens with one attached hydrogen (secondary N) is 2. The highest BCUT2D eigenvalue weighted by Gasteiger charge is 2.33. The van der Waals surface area contributed by atoms with Crippen molar-refractivity contribution < 1.29 is 17.9 Å². The van der Waals surface area contributed by atoms with E-state index in [2.05, 4.69) is 20.7 Å². The molecule has 0 unspecified atom stereocenters. The molecule has 0 atom stereocenters. The maximum absolute atomic E-state index is 12.9. The van der Waals surface area contributed by atoms with Gasteiger partial charge in [-0.1, -0.05) is 12.1 Å². The van der Waals surface area contributed by atoms with Crippen LogP contribution in [0.25, 0.3) is 0 Å². The van der Waals surface area contributed by atoms with Crippen LogP contribution >= 0.6 is 24.0 Å². The Morgan fingerprint density at radius 2 is 1.93 bits per heavy atom. The molecule has 10 heteroatoms. The van der Waals surface area contributed by atoms with Crippen LogP contribution in [0.3, 0.4) is 0 Å². The van der Waals surface area contributed by atoms with Gasteiger partial charge in [0, 0.05) is 32.5 Å². The lowest BCUT2D eigenvalue weighted by Crippen LogP contribution is -2.39. The van der Waals surface area contributed by atoms with Crippen LogP contribution < -0.4 is 15.4 Å². The standard InChI is InChI=1S/C17H22F3N5O.HI/c1-21-16(22-8-4-11-25-12-5-9-24-25)23-10-13-26-15-7-3-2-6-14(15)17(18,19)20;/h2-3,5-7,9,12H,4,8,10-11,13H2,1H3,(H2,21,22,23);1H. The Balaban J connectivity index is 0.00000364. The van der Waals surface area contributed by atoms with Gasteiger partial charge in [0.05, 0.1) is 12.1 Å². The van der Waals surface area contributed by atoms with Crippen LogP contribution in [0.4, 0.5) is 13.2 Å². The molecular weight excluding hydrogens is 474 g/mol. The predicted molar refractivity (Wildman–Crippen MR) is 109 cm³/mol. The Morgan fingerprint density at radius 3 is 2.59 bits per heavy atom. The Kier molecular flexibility index (Phi) is 9.97. The number of rotatable bonds is 8. The zero-order chi connectivity index (χ0) is 18.8. The molecule has 0 aliphatic heterocycles. The molecule has 27 heavy (non-hydrogen) atoms. The van der Waals surface area contributed by atoms with Gasteiger partial charge in [-0.3, -0.25) is 9.67 Å². The molecule has 2 rings (SSSR count). The van der Waals surface area contributed by atoms with Gasteiger partial charge in [-0.2, -0.15) is 18.3 Å². The monoisotopic (exact) mass is 497 g/mol. The van der Waals surface area contributed by atoms with E-state index in [1.165, 1.54) is 18.2 Å². The second-order valence-electron chi connectivity index (χ2n) is 5.39. The minimum Gasteiger partial charge on any atom is -0.491 e. The number of halogens is 4. The van der Waals surface area contributed by atoms with Gasteiger partial charge in [0.15, 0.2) is 5.96 Å². The SMILES string of the molecule is CN=C(NCCCn1cccn1)NCCOc1ccccc1C(F)(F)F.I. The van der Waals surface area contributed by atoms with Gasteiger partial charge in [0.2, 0.25) is 0 Å². The Hall–Kier alpha value is -1.98. The molecule has 0 saturated heterocycles. The van der Waals surface area contributed by atoms with E-state index in [1.54, 1.807) is 13.2 Å². The van der Waals surface area contributed by atoms with Crippen molar-refractivity contribution in [3.05, 3.63) is 48.3 Å².